The third kappa shape index (κ3) is 5.71. The zero-order valence-corrected chi connectivity index (χ0v) is 13.5. The lowest BCUT2D eigenvalue weighted by atomic mass is 9.81. The summed E-state index contributed by atoms with van der Waals surface area (Å²) in [5.74, 6) is 0.801. The summed E-state index contributed by atoms with van der Waals surface area (Å²) in [5.41, 5.74) is 0.182. The number of piperidine rings is 1. The van der Waals surface area contributed by atoms with Gasteiger partial charge in [0.05, 0.1) is 11.7 Å². The number of likely N-dealkylation sites (tertiary alicyclic amines) is 1. The van der Waals surface area contributed by atoms with Crippen LogP contribution in [0.2, 0.25) is 0 Å². The standard InChI is InChI=1S/C16H33NO/c1-15(2,3)14(18-16(4,5)6)11-13-9-8-10-17(7)12-13/h13-14H,8-12H2,1-7H3. The number of nitrogens with zero attached hydrogens (tertiary/aromatic N) is 1. The first-order valence-corrected chi connectivity index (χ1v) is 7.44. The maximum Gasteiger partial charge on any atom is 0.0633 e. The van der Waals surface area contributed by atoms with E-state index in [0.717, 1.165) is 5.92 Å². The minimum Gasteiger partial charge on any atom is -0.372 e. The molecule has 1 heterocycles. The van der Waals surface area contributed by atoms with Crippen LogP contribution in [0.1, 0.15) is 60.8 Å². The first-order valence-electron chi connectivity index (χ1n) is 7.44. The van der Waals surface area contributed by atoms with E-state index in [1.54, 1.807) is 0 Å². The fraction of sp³-hybridized carbons (Fsp3) is 1.00. The molecule has 0 N–H and O–H groups in total. The fourth-order valence-corrected chi connectivity index (χ4v) is 2.77. The maximum atomic E-state index is 6.32. The molecule has 0 bridgehead atoms. The number of hydrogen-bond acceptors (Lipinski definition) is 2. The van der Waals surface area contributed by atoms with Crippen LogP contribution in [0.4, 0.5) is 0 Å². The van der Waals surface area contributed by atoms with Crippen molar-refractivity contribution in [3.63, 3.8) is 0 Å². The average molecular weight is 255 g/mol. The lowest BCUT2D eigenvalue weighted by Gasteiger charge is -2.40. The van der Waals surface area contributed by atoms with E-state index in [1.807, 2.05) is 0 Å². The van der Waals surface area contributed by atoms with Gasteiger partial charge in [0.25, 0.3) is 0 Å². The lowest BCUT2D eigenvalue weighted by Crippen LogP contribution is -2.41. The van der Waals surface area contributed by atoms with Crippen LogP contribution in [0.5, 0.6) is 0 Å². The number of hydrogen-bond donors (Lipinski definition) is 0. The summed E-state index contributed by atoms with van der Waals surface area (Å²) < 4.78 is 6.32. The van der Waals surface area contributed by atoms with E-state index in [9.17, 15) is 0 Å². The molecule has 1 aliphatic heterocycles. The largest absolute Gasteiger partial charge is 0.372 e. The molecule has 0 amide bonds. The van der Waals surface area contributed by atoms with Gasteiger partial charge < -0.3 is 9.64 Å². The molecule has 0 spiro atoms. The molecule has 2 nitrogen and oxygen atoms in total. The van der Waals surface area contributed by atoms with Gasteiger partial charge in [-0.3, -0.25) is 0 Å². The maximum absolute atomic E-state index is 6.32. The number of ether oxygens (including phenoxy) is 1. The Morgan fingerprint density at radius 3 is 2.22 bits per heavy atom. The molecule has 0 radical (unpaired) electrons. The quantitative estimate of drug-likeness (QED) is 0.757. The third-order valence-corrected chi connectivity index (χ3v) is 3.73. The normalized spacial score (nSPS) is 25.2. The predicted molar refractivity (Wildman–Crippen MR) is 78.9 cm³/mol. The van der Waals surface area contributed by atoms with E-state index in [0.29, 0.717) is 6.10 Å². The van der Waals surface area contributed by atoms with Crippen LogP contribution in [-0.2, 0) is 4.74 Å². The smallest absolute Gasteiger partial charge is 0.0633 e. The Balaban J connectivity index is 2.61. The predicted octanol–water partition coefficient (Wildman–Crippen LogP) is 3.95. The van der Waals surface area contributed by atoms with E-state index < -0.39 is 0 Å². The monoisotopic (exact) mass is 255 g/mol. The van der Waals surface area contributed by atoms with Gasteiger partial charge in [-0.15, -0.1) is 0 Å². The highest BCUT2D eigenvalue weighted by molar-refractivity contribution is 4.82. The summed E-state index contributed by atoms with van der Waals surface area (Å²) >= 11 is 0. The molecule has 18 heavy (non-hydrogen) atoms. The molecule has 1 fully saturated rings. The Hall–Kier alpha value is -0.0800. The first-order chi connectivity index (χ1) is 8.08. The highest BCUT2D eigenvalue weighted by atomic mass is 16.5. The van der Waals surface area contributed by atoms with Crippen molar-refractivity contribution in [1.29, 1.82) is 0 Å². The van der Waals surface area contributed by atoms with Gasteiger partial charge in [0.15, 0.2) is 0 Å². The van der Waals surface area contributed by atoms with Crippen LogP contribution < -0.4 is 0 Å². The fourth-order valence-electron chi connectivity index (χ4n) is 2.77. The molecule has 0 aromatic heterocycles. The molecule has 0 aromatic carbocycles. The van der Waals surface area contributed by atoms with E-state index in [2.05, 4.69) is 53.5 Å². The van der Waals surface area contributed by atoms with Gasteiger partial charge in [0, 0.05) is 6.54 Å². The third-order valence-electron chi connectivity index (χ3n) is 3.73. The van der Waals surface area contributed by atoms with Crippen molar-refractivity contribution in [2.24, 2.45) is 11.3 Å². The molecule has 1 saturated heterocycles. The Labute approximate surface area is 114 Å². The van der Waals surface area contributed by atoms with Crippen molar-refractivity contribution < 1.29 is 4.74 Å². The second kappa shape index (κ2) is 5.92. The van der Waals surface area contributed by atoms with E-state index in [-0.39, 0.29) is 11.0 Å². The summed E-state index contributed by atoms with van der Waals surface area (Å²) in [7, 11) is 2.24. The Kier molecular flexibility index (Phi) is 5.25. The van der Waals surface area contributed by atoms with Gasteiger partial charge in [0.1, 0.15) is 0 Å². The molecule has 2 heteroatoms. The zero-order chi connectivity index (χ0) is 14.0. The van der Waals surface area contributed by atoms with Gasteiger partial charge in [-0.1, -0.05) is 20.8 Å². The second-order valence-electron chi connectivity index (χ2n) is 8.09. The summed E-state index contributed by atoms with van der Waals surface area (Å²) in [6, 6.07) is 0. The minimum atomic E-state index is -0.0431. The highest BCUT2D eigenvalue weighted by Crippen LogP contribution is 2.33. The van der Waals surface area contributed by atoms with E-state index in [4.69, 9.17) is 4.74 Å². The molecular weight excluding hydrogens is 222 g/mol. The van der Waals surface area contributed by atoms with E-state index in [1.165, 1.54) is 32.4 Å². The summed E-state index contributed by atoms with van der Waals surface area (Å²) in [4.78, 5) is 2.46. The molecule has 1 aliphatic rings. The van der Waals surface area contributed by atoms with Gasteiger partial charge in [-0.2, -0.15) is 0 Å². The van der Waals surface area contributed by atoms with Gasteiger partial charge in [-0.05, 0) is 65.0 Å². The van der Waals surface area contributed by atoms with Crippen LogP contribution >= 0.6 is 0 Å². The first kappa shape index (κ1) is 16.0. The van der Waals surface area contributed by atoms with Gasteiger partial charge in [0.2, 0.25) is 0 Å². The van der Waals surface area contributed by atoms with Gasteiger partial charge in [-0.25, -0.2) is 0 Å². The molecule has 0 saturated carbocycles. The Morgan fingerprint density at radius 1 is 1.17 bits per heavy atom. The van der Waals surface area contributed by atoms with Crippen molar-refractivity contribution in [1.82, 2.24) is 4.90 Å². The van der Waals surface area contributed by atoms with Crippen LogP contribution in [0, 0.1) is 11.3 Å². The molecule has 0 aliphatic carbocycles. The molecule has 0 aromatic rings. The van der Waals surface area contributed by atoms with Crippen molar-refractivity contribution >= 4 is 0 Å². The zero-order valence-electron chi connectivity index (χ0n) is 13.5. The van der Waals surface area contributed by atoms with Crippen molar-refractivity contribution in [3.05, 3.63) is 0 Å². The average Bonchev–Trinajstić information content (AvgIpc) is 2.13. The summed E-state index contributed by atoms with van der Waals surface area (Å²) in [5, 5.41) is 0. The van der Waals surface area contributed by atoms with Crippen molar-refractivity contribution in [3.8, 4) is 0 Å². The lowest BCUT2D eigenvalue weighted by molar-refractivity contribution is -0.115. The van der Waals surface area contributed by atoms with Crippen LogP contribution in [-0.4, -0.2) is 36.7 Å². The van der Waals surface area contributed by atoms with Crippen LogP contribution in [0.25, 0.3) is 0 Å². The van der Waals surface area contributed by atoms with Crippen molar-refractivity contribution in [2.75, 3.05) is 20.1 Å². The highest BCUT2D eigenvalue weighted by Gasteiger charge is 2.32. The molecule has 108 valence electrons. The summed E-state index contributed by atoms with van der Waals surface area (Å²) in [6.07, 6.45) is 4.26. The molecule has 2 unspecified atom stereocenters. The molecule has 1 rings (SSSR count). The SMILES string of the molecule is CN1CCCC(CC(OC(C)(C)C)C(C)(C)C)C1. The topological polar surface area (TPSA) is 12.5 Å². The Morgan fingerprint density at radius 2 is 1.78 bits per heavy atom. The van der Waals surface area contributed by atoms with Gasteiger partial charge >= 0.3 is 0 Å². The molecular formula is C16H33NO. The summed E-state index contributed by atoms with van der Waals surface area (Å²) in [6.45, 7) is 15.9. The number of rotatable bonds is 3. The van der Waals surface area contributed by atoms with Crippen molar-refractivity contribution in [2.45, 2.75) is 72.5 Å². The van der Waals surface area contributed by atoms with E-state index >= 15 is 0 Å². The second-order valence-corrected chi connectivity index (χ2v) is 8.09. The Bertz CT molecular complexity index is 249. The minimum absolute atomic E-state index is 0.0431. The van der Waals surface area contributed by atoms with Crippen LogP contribution in [0.15, 0.2) is 0 Å². The van der Waals surface area contributed by atoms with Crippen LogP contribution in [0.3, 0.4) is 0 Å². The molecule has 2 atom stereocenters.